The molecule has 0 aromatic heterocycles. The Bertz CT molecular complexity index is 298. The van der Waals surface area contributed by atoms with Crippen molar-refractivity contribution in [3.8, 4) is 0 Å². The maximum absolute atomic E-state index is 11.7. The number of carbonyl (C=O) groups is 1. The lowest BCUT2D eigenvalue weighted by molar-refractivity contribution is -0.122. The quantitative estimate of drug-likeness (QED) is 0.258. The minimum Gasteiger partial charge on any atom is -0.353 e. The molecule has 25 heavy (non-hydrogen) atoms. The van der Waals surface area contributed by atoms with Crippen LogP contribution in [0, 0.1) is 0 Å². The smallest absolute Gasteiger partial charge is 0.220 e. The van der Waals surface area contributed by atoms with Crippen molar-refractivity contribution in [2.24, 2.45) is 0 Å². The van der Waals surface area contributed by atoms with Crippen molar-refractivity contribution in [1.82, 2.24) is 5.32 Å². The summed E-state index contributed by atoms with van der Waals surface area (Å²) in [6.07, 6.45) is 26.6. The Balaban J connectivity index is 1.67. The van der Waals surface area contributed by atoms with Gasteiger partial charge >= 0.3 is 0 Å². The van der Waals surface area contributed by atoms with Gasteiger partial charge in [-0.05, 0) is 25.7 Å². The van der Waals surface area contributed by atoms with Gasteiger partial charge in [-0.2, -0.15) is 0 Å². The zero-order valence-corrected chi connectivity index (χ0v) is 17.1. The summed E-state index contributed by atoms with van der Waals surface area (Å²) in [4.78, 5) is 11.7. The summed E-state index contributed by atoms with van der Waals surface area (Å²) in [5.74, 6) is 0.287. The highest BCUT2D eigenvalue weighted by molar-refractivity contribution is 5.76. The third-order valence-electron chi connectivity index (χ3n) is 5.73. The lowest BCUT2D eigenvalue weighted by Gasteiger charge is -2.26. The first-order valence-corrected chi connectivity index (χ1v) is 11.6. The molecular weight excluding hydrogens is 306 g/mol. The molecule has 1 aliphatic rings. The molecule has 1 N–H and O–H groups in total. The molecule has 0 bridgehead atoms. The number of unbranched alkanes of at least 4 members (excludes halogenated alkanes) is 15. The second kappa shape index (κ2) is 16.9. The molecule has 0 aliphatic heterocycles. The Morgan fingerprint density at radius 3 is 1.44 bits per heavy atom. The topological polar surface area (TPSA) is 29.1 Å². The molecule has 1 saturated carbocycles. The predicted octanol–water partition coefficient (Wildman–Crippen LogP) is 7.31. The molecule has 148 valence electrons. The fourth-order valence-corrected chi connectivity index (χ4v) is 3.69. The molecule has 1 rings (SSSR count). The van der Waals surface area contributed by atoms with Crippen molar-refractivity contribution in [2.45, 2.75) is 141 Å². The number of hydrogen-bond acceptors (Lipinski definition) is 1. The van der Waals surface area contributed by atoms with E-state index in [2.05, 4.69) is 12.2 Å². The molecule has 0 aromatic carbocycles. The highest BCUT2D eigenvalue weighted by Gasteiger charge is 2.18. The van der Waals surface area contributed by atoms with E-state index in [0.29, 0.717) is 6.04 Å². The molecule has 0 heterocycles. The van der Waals surface area contributed by atoms with E-state index < -0.39 is 0 Å². The van der Waals surface area contributed by atoms with Crippen molar-refractivity contribution >= 4 is 5.91 Å². The van der Waals surface area contributed by atoms with Crippen LogP contribution in [-0.4, -0.2) is 11.9 Å². The number of rotatable bonds is 18. The maximum atomic E-state index is 11.7. The van der Waals surface area contributed by atoms with E-state index in [1.54, 1.807) is 0 Å². The first-order chi connectivity index (χ1) is 12.3. The minimum absolute atomic E-state index is 0.287. The summed E-state index contributed by atoms with van der Waals surface area (Å²) in [6, 6.07) is 0.508. The van der Waals surface area contributed by atoms with Crippen LogP contribution in [-0.2, 0) is 4.79 Å². The van der Waals surface area contributed by atoms with E-state index >= 15 is 0 Å². The van der Waals surface area contributed by atoms with Crippen molar-refractivity contribution in [3.63, 3.8) is 0 Å². The van der Waals surface area contributed by atoms with Gasteiger partial charge in [0.1, 0.15) is 0 Å². The standard InChI is InChI=1S/C23H45NO/c1-2-3-4-5-6-7-8-9-10-11-12-13-14-15-16-17-21-23(25)24-22-19-18-20-22/h22H,2-21H2,1H3,(H,24,25). The highest BCUT2D eigenvalue weighted by atomic mass is 16.1. The van der Waals surface area contributed by atoms with Crippen LogP contribution < -0.4 is 5.32 Å². The summed E-state index contributed by atoms with van der Waals surface area (Å²) in [5.41, 5.74) is 0. The first kappa shape index (κ1) is 22.5. The van der Waals surface area contributed by atoms with E-state index in [-0.39, 0.29) is 5.91 Å². The maximum Gasteiger partial charge on any atom is 0.220 e. The second-order valence-electron chi connectivity index (χ2n) is 8.25. The van der Waals surface area contributed by atoms with Gasteiger partial charge in [-0.15, -0.1) is 0 Å². The van der Waals surface area contributed by atoms with E-state index in [1.165, 1.54) is 116 Å². The van der Waals surface area contributed by atoms with Gasteiger partial charge in [-0.3, -0.25) is 4.79 Å². The molecule has 1 amide bonds. The van der Waals surface area contributed by atoms with Gasteiger partial charge in [-0.25, -0.2) is 0 Å². The van der Waals surface area contributed by atoms with Crippen LogP contribution in [0.15, 0.2) is 0 Å². The zero-order chi connectivity index (χ0) is 18.0. The largest absolute Gasteiger partial charge is 0.353 e. The normalized spacial score (nSPS) is 14.4. The van der Waals surface area contributed by atoms with Gasteiger partial charge in [0.25, 0.3) is 0 Å². The molecule has 0 radical (unpaired) electrons. The van der Waals surface area contributed by atoms with Crippen LogP contribution in [0.1, 0.15) is 135 Å². The lowest BCUT2D eigenvalue weighted by atomic mass is 9.93. The summed E-state index contributed by atoms with van der Waals surface area (Å²) in [7, 11) is 0. The monoisotopic (exact) mass is 351 g/mol. The van der Waals surface area contributed by atoms with Gasteiger partial charge < -0.3 is 5.32 Å². The van der Waals surface area contributed by atoms with E-state index in [4.69, 9.17) is 0 Å². The SMILES string of the molecule is CCCCCCCCCCCCCCCCCCC(=O)NC1CCC1. The summed E-state index contributed by atoms with van der Waals surface area (Å²) < 4.78 is 0. The van der Waals surface area contributed by atoms with Crippen LogP contribution in [0.4, 0.5) is 0 Å². The fraction of sp³-hybridized carbons (Fsp3) is 0.957. The average Bonchev–Trinajstić information content (AvgIpc) is 2.58. The van der Waals surface area contributed by atoms with Crippen LogP contribution >= 0.6 is 0 Å². The second-order valence-corrected chi connectivity index (χ2v) is 8.25. The van der Waals surface area contributed by atoms with Gasteiger partial charge in [0.15, 0.2) is 0 Å². The molecular formula is C23H45NO. The van der Waals surface area contributed by atoms with Crippen molar-refractivity contribution in [1.29, 1.82) is 0 Å². The van der Waals surface area contributed by atoms with Crippen molar-refractivity contribution < 1.29 is 4.79 Å². The molecule has 2 heteroatoms. The minimum atomic E-state index is 0.287. The number of hydrogen-bond donors (Lipinski definition) is 1. The average molecular weight is 352 g/mol. The number of nitrogens with one attached hydrogen (secondary N) is 1. The van der Waals surface area contributed by atoms with Gasteiger partial charge in [0, 0.05) is 12.5 Å². The van der Waals surface area contributed by atoms with Crippen LogP contribution in [0.25, 0.3) is 0 Å². The Morgan fingerprint density at radius 2 is 1.08 bits per heavy atom. The third-order valence-corrected chi connectivity index (χ3v) is 5.73. The third kappa shape index (κ3) is 14.3. The van der Waals surface area contributed by atoms with Gasteiger partial charge in [-0.1, -0.05) is 103 Å². The number of carbonyl (C=O) groups excluding carboxylic acids is 1. The predicted molar refractivity (Wildman–Crippen MR) is 110 cm³/mol. The fourth-order valence-electron chi connectivity index (χ4n) is 3.69. The van der Waals surface area contributed by atoms with E-state index in [0.717, 1.165) is 12.8 Å². The summed E-state index contributed by atoms with van der Waals surface area (Å²) >= 11 is 0. The first-order valence-electron chi connectivity index (χ1n) is 11.6. The molecule has 2 nitrogen and oxygen atoms in total. The molecule has 0 aromatic rings. The summed E-state index contributed by atoms with van der Waals surface area (Å²) in [6.45, 7) is 2.29. The van der Waals surface area contributed by atoms with E-state index in [9.17, 15) is 4.79 Å². The van der Waals surface area contributed by atoms with Crippen LogP contribution in [0.5, 0.6) is 0 Å². The lowest BCUT2D eigenvalue weighted by Crippen LogP contribution is -2.39. The zero-order valence-electron chi connectivity index (χ0n) is 17.1. The van der Waals surface area contributed by atoms with E-state index in [1.807, 2.05) is 0 Å². The van der Waals surface area contributed by atoms with Crippen molar-refractivity contribution in [3.05, 3.63) is 0 Å². The summed E-state index contributed by atoms with van der Waals surface area (Å²) in [5, 5.41) is 3.13. The molecule has 0 spiro atoms. The molecule has 0 unspecified atom stereocenters. The van der Waals surface area contributed by atoms with Crippen LogP contribution in [0.2, 0.25) is 0 Å². The molecule has 1 fully saturated rings. The number of amides is 1. The Morgan fingerprint density at radius 1 is 0.680 bits per heavy atom. The molecule has 0 saturated heterocycles. The Kier molecular flexibility index (Phi) is 15.2. The Hall–Kier alpha value is -0.530. The Labute approximate surface area is 157 Å². The van der Waals surface area contributed by atoms with Crippen molar-refractivity contribution in [2.75, 3.05) is 0 Å². The van der Waals surface area contributed by atoms with Gasteiger partial charge in [0.2, 0.25) is 5.91 Å². The highest BCUT2D eigenvalue weighted by Crippen LogP contribution is 2.18. The molecule has 0 atom stereocenters. The van der Waals surface area contributed by atoms with Crippen LogP contribution in [0.3, 0.4) is 0 Å². The molecule has 1 aliphatic carbocycles. The van der Waals surface area contributed by atoms with Gasteiger partial charge in [0.05, 0.1) is 0 Å².